The van der Waals surface area contributed by atoms with Gasteiger partial charge in [-0.2, -0.15) is 0 Å². The second kappa shape index (κ2) is 11.2. The zero-order valence-electron chi connectivity index (χ0n) is 21.1. The standard InChI is InChI=1S/C29H34N4O2/c1-21(2)23-15-14-22(3)19-27(23)35-18-10-9-17-33-26-13-6-5-11-24(26)31-28(33)20-32(4)29(34)25-12-7-8-16-30-25/h5-8,11-16,19,21H,9-10,17-18,20H2,1-4H3. The summed E-state index contributed by atoms with van der Waals surface area (Å²) in [5.41, 5.74) is 4.93. The number of amides is 1. The van der Waals surface area contributed by atoms with Gasteiger partial charge in [0.05, 0.1) is 24.2 Å². The number of carbonyl (C=O) groups is 1. The molecular formula is C29H34N4O2. The van der Waals surface area contributed by atoms with Crippen LogP contribution in [0.25, 0.3) is 11.0 Å². The number of pyridine rings is 1. The summed E-state index contributed by atoms with van der Waals surface area (Å²) in [6.45, 7) is 8.39. The first-order valence-electron chi connectivity index (χ1n) is 12.3. The zero-order chi connectivity index (χ0) is 24.8. The number of unbranched alkanes of at least 4 members (excludes halogenated alkanes) is 1. The normalized spacial score (nSPS) is 11.2. The molecule has 0 aliphatic rings. The van der Waals surface area contributed by atoms with Crippen molar-refractivity contribution in [1.82, 2.24) is 19.4 Å². The van der Waals surface area contributed by atoms with Crippen molar-refractivity contribution < 1.29 is 9.53 Å². The Balaban J connectivity index is 1.41. The van der Waals surface area contributed by atoms with Gasteiger partial charge in [-0.25, -0.2) is 4.98 Å². The molecule has 0 aliphatic carbocycles. The first kappa shape index (κ1) is 24.5. The third-order valence-electron chi connectivity index (χ3n) is 6.17. The molecule has 0 bridgehead atoms. The number of rotatable bonds is 10. The van der Waals surface area contributed by atoms with E-state index in [1.807, 2.05) is 30.3 Å². The molecule has 1 amide bonds. The van der Waals surface area contributed by atoms with Gasteiger partial charge >= 0.3 is 0 Å². The molecule has 2 aromatic carbocycles. The van der Waals surface area contributed by atoms with Crippen molar-refractivity contribution in [3.8, 4) is 5.75 Å². The highest BCUT2D eigenvalue weighted by Crippen LogP contribution is 2.27. The van der Waals surface area contributed by atoms with E-state index in [1.54, 1.807) is 24.2 Å². The van der Waals surface area contributed by atoms with Crippen LogP contribution >= 0.6 is 0 Å². The lowest BCUT2D eigenvalue weighted by molar-refractivity contribution is 0.0774. The second-order valence-electron chi connectivity index (χ2n) is 9.30. The molecule has 0 fully saturated rings. The average Bonchev–Trinajstić information content (AvgIpc) is 3.20. The lowest BCUT2D eigenvalue weighted by atomic mass is 10.0. The Labute approximate surface area is 207 Å². The van der Waals surface area contributed by atoms with Gasteiger partial charge < -0.3 is 14.2 Å². The molecule has 0 saturated carbocycles. The highest BCUT2D eigenvalue weighted by molar-refractivity contribution is 5.92. The topological polar surface area (TPSA) is 60.2 Å². The van der Waals surface area contributed by atoms with E-state index in [0.717, 1.165) is 42.0 Å². The summed E-state index contributed by atoms with van der Waals surface area (Å²) in [7, 11) is 1.79. The number of aromatic nitrogens is 3. The van der Waals surface area contributed by atoms with Crippen LogP contribution in [0.2, 0.25) is 0 Å². The summed E-state index contributed by atoms with van der Waals surface area (Å²) in [6, 6.07) is 19.9. The third kappa shape index (κ3) is 5.88. The molecule has 6 nitrogen and oxygen atoms in total. The largest absolute Gasteiger partial charge is 0.493 e. The fourth-order valence-corrected chi connectivity index (χ4v) is 4.26. The molecule has 0 saturated heterocycles. The maximum absolute atomic E-state index is 12.8. The Hall–Kier alpha value is -3.67. The number of benzene rings is 2. The van der Waals surface area contributed by atoms with Gasteiger partial charge in [-0.3, -0.25) is 9.78 Å². The number of aryl methyl sites for hydroxylation is 2. The molecule has 182 valence electrons. The summed E-state index contributed by atoms with van der Waals surface area (Å²) >= 11 is 0. The number of para-hydroxylation sites is 2. The summed E-state index contributed by atoms with van der Waals surface area (Å²) in [5, 5.41) is 0. The number of hydrogen-bond donors (Lipinski definition) is 0. The van der Waals surface area contributed by atoms with Crippen LogP contribution in [-0.4, -0.2) is 39.0 Å². The molecule has 4 aromatic rings. The first-order chi connectivity index (χ1) is 16.9. The van der Waals surface area contributed by atoms with Crippen LogP contribution in [0.3, 0.4) is 0 Å². The van der Waals surface area contributed by atoms with E-state index in [1.165, 1.54) is 11.1 Å². The van der Waals surface area contributed by atoms with Crippen LogP contribution in [-0.2, 0) is 13.1 Å². The van der Waals surface area contributed by atoms with E-state index in [0.29, 0.717) is 24.8 Å². The van der Waals surface area contributed by atoms with Crippen LogP contribution in [0.5, 0.6) is 5.75 Å². The van der Waals surface area contributed by atoms with E-state index in [2.05, 4.69) is 54.6 Å². The lowest BCUT2D eigenvalue weighted by Crippen LogP contribution is -2.28. The number of hydrogen-bond acceptors (Lipinski definition) is 4. The highest BCUT2D eigenvalue weighted by atomic mass is 16.5. The number of imidazole rings is 1. The minimum Gasteiger partial charge on any atom is -0.493 e. The highest BCUT2D eigenvalue weighted by Gasteiger charge is 2.17. The van der Waals surface area contributed by atoms with Gasteiger partial charge in [0, 0.05) is 19.8 Å². The predicted molar refractivity (Wildman–Crippen MR) is 140 cm³/mol. The lowest BCUT2D eigenvalue weighted by Gasteiger charge is -2.18. The third-order valence-corrected chi connectivity index (χ3v) is 6.17. The molecule has 0 atom stereocenters. The molecule has 35 heavy (non-hydrogen) atoms. The van der Waals surface area contributed by atoms with Crippen LogP contribution in [0.15, 0.2) is 66.9 Å². The molecule has 0 radical (unpaired) electrons. The van der Waals surface area contributed by atoms with Gasteiger partial charge in [-0.1, -0.05) is 44.2 Å². The van der Waals surface area contributed by atoms with Gasteiger partial charge in [0.15, 0.2) is 0 Å². The number of carbonyl (C=O) groups excluding carboxylic acids is 1. The Morgan fingerprint density at radius 3 is 2.63 bits per heavy atom. The van der Waals surface area contributed by atoms with Gasteiger partial charge in [0.1, 0.15) is 17.3 Å². The molecule has 0 aliphatic heterocycles. The molecule has 0 N–H and O–H groups in total. The monoisotopic (exact) mass is 470 g/mol. The Morgan fingerprint density at radius 2 is 1.86 bits per heavy atom. The summed E-state index contributed by atoms with van der Waals surface area (Å²) < 4.78 is 8.40. The second-order valence-corrected chi connectivity index (χ2v) is 9.30. The van der Waals surface area contributed by atoms with E-state index >= 15 is 0 Å². The van der Waals surface area contributed by atoms with Crippen molar-refractivity contribution in [1.29, 1.82) is 0 Å². The SMILES string of the molecule is Cc1ccc(C(C)C)c(OCCCCn2c(CN(C)C(=O)c3ccccn3)nc3ccccc32)c1. The van der Waals surface area contributed by atoms with Crippen LogP contribution in [0.4, 0.5) is 0 Å². The molecule has 6 heteroatoms. The quantitative estimate of drug-likeness (QED) is 0.267. The zero-order valence-corrected chi connectivity index (χ0v) is 21.1. The minimum atomic E-state index is -0.114. The molecule has 0 unspecified atom stereocenters. The van der Waals surface area contributed by atoms with Crippen molar-refractivity contribution in [3.63, 3.8) is 0 Å². The summed E-state index contributed by atoms with van der Waals surface area (Å²) in [5.74, 6) is 2.18. The Kier molecular flexibility index (Phi) is 7.80. The van der Waals surface area contributed by atoms with E-state index in [4.69, 9.17) is 9.72 Å². The van der Waals surface area contributed by atoms with E-state index < -0.39 is 0 Å². The van der Waals surface area contributed by atoms with Crippen LogP contribution in [0.1, 0.15) is 60.0 Å². The van der Waals surface area contributed by atoms with Crippen molar-refractivity contribution >= 4 is 16.9 Å². The van der Waals surface area contributed by atoms with Gasteiger partial charge in [0.25, 0.3) is 5.91 Å². The van der Waals surface area contributed by atoms with E-state index in [-0.39, 0.29) is 5.91 Å². The van der Waals surface area contributed by atoms with Crippen LogP contribution in [0, 0.1) is 6.92 Å². The van der Waals surface area contributed by atoms with Crippen molar-refractivity contribution in [2.24, 2.45) is 0 Å². The number of nitrogens with zero attached hydrogens (tertiary/aromatic N) is 4. The Morgan fingerprint density at radius 1 is 1.06 bits per heavy atom. The number of ether oxygens (including phenoxy) is 1. The molecule has 2 heterocycles. The van der Waals surface area contributed by atoms with Crippen molar-refractivity contribution in [3.05, 3.63) is 89.5 Å². The maximum atomic E-state index is 12.8. The summed E-state index contributed by atoms with van der Waals surface area (Å²) in [6.07, 6.45) is 3.52. The number of fused-ring (bicyclic) bond motifs is 1. The van der Waals surface area contributed by atoms with Crippen molar-refractivity contribution in [2.45, 2.75) is 52.6 Å². The Bertz CT molecular complexity index is 1280. The fourth-order valence-electron chi connectivity index (χ4n) is 4.26. The predicted octanol–water partition coefficient (Wildman–Crippen LogP) is 5.99. The first-order valence-corrected chi connectivity index (χ1v) is 12.3. The average molecular weight is 471 g/mol. The molecule has 4 rings (SSSR count). The van der Waals surface area contributed by atoms with E-state index in [9.17, 15) is 4.79 Å². The van der Waals surface area contributed by atoms with Gasteiger partial charge in [-0.05, 0) is 67.1 Å². The minimum absolute atomic E-state index is 0.114. The van der Waals surface area contributed by atoms with Gasteiger partial charge in [0.2, 0.25) is 0 Å². The molecule has 0 spiro atoms. The molecular weight excluding hydrogens is 436 g/mol. The smallest absolute Gasteiger partial charge is 0.272 e. The van der Waals surface area contributed by atoms with Crippen LogP contribution < -0.4 is 4.74 Å². The van der Waals surface area contributed by atoms with Crippen molar-refractivity contribution in [2.75, 3.05) is 13.7 Å². The fraction of sp³-hybridized carbons (Fsp3) is 0.345. The maximum Gasteiger partial charge on any atom is 0.272 e. The molecule has 2 aromatic heterocycles. The summed E-state index contributed by atoms with van der Waals surface area (Å²) in [4.78, 5) is 23.5. The van der Waals surface area contributed by atoms with Gasteiger partial charge in [-0.15, -0.1) is 0 Å².